The topological polar surface area (TPSA) is 34.1 Å². The summed E-state index contributed by atoms with van der Waals surface area (Å²) in [6.45, 7) is 7.65. The Hall–Kier alpha value is -2.17. The van der Waals surface area contributed by atoms with Crippen molar-refractivity contribution in [1.29, 1.82) is 0 Å². The monoisotopic (exact) mass is 348 g/mol. The molecule has 3 aliphatic rings. The highest BCUT2D eigenvalue weighted by atomic mass is 16.7. The zero-order valence-corrected chi connectivity index (χ0v) is 15.3. The molecule has 0 amide bonds. The van der Waals surface area contributed by atoms with Gasteiger partial charge in [0.2, 0.25) is 5.72 Å². The fourth-order valence-corrected chi connectivity index (χ4v) is 4.89. The van der Waals surface area contributed by atoms with Gasteiger partial charge in [0.25, 0.3) is 0 Å². The summed E-state index contributed by atoms with van der Waals surface area (Å²) in [6, 6.07) is 17.4. The highest BCUT2D eigenvalue weighted by Gasteiger charge is 2.62. The van der Waals surface area contributed by atoms with Gasteiger partial charge in [0.15, 0.2) is 0 Å². The number of oxime groups is 1. The van der Waals surface area contributed by atoms with E-state index < -0.39 is 5.72 Å². The summed E-state index contributed by atoms with van der Waals surface area (Å²) in [4.78, 5) is 8.80. The van der Waals surface area contributed by atoms with Gasteiger partial charge in [-0.2, -0.15) is 0 Å². The smallest absolute Gasteiger partial charge is 0.226 e. The maximum atomic E-state index is 6.36. The first-order valence-electron chi connectivity index (χ1n) is 9.47. The maximum absolute atomic E-state index is 6.36. The van der Waals surface area contributed by atoms with E-state index in [9.17, 15) is 0 Å². The second-order valence-corrected chi connectivity index (χ2v) is 7.58. The standard InChI is InChI=1S/C22H24N2O2/c1-15-7-9-17(10-8-15)21-20-16(2)18-5-3-4-6-19(18)22(20,26-23-21)24-11-13-25-14-12-24/h3-10,16,20H,11-14H2,1-2H3/t16-,20-,22-/m0/s1. The predicted molar refractivity (Wildman–Crippen MR) is 101 cm³/mol. The van der Waals surface area contributed by atoms with E-state index in [0.717, 1.165) is 37.6 Å². The molecule has 2 aromatic carbocycles. The van der Waals surface area contributed by atoms with Gasteiger partial charge in [-0.15, -0.1) is 0 Å². The first-order chi connectivity index (χ1) is 12.7. The minimum absolute atomic E-state index is 0.195. The van der Waals surface area contributed by atoms with Crippen molar-refractivity contribution in [3.63, 3.8) is 0 Å². The first-order valence-corrected chi connectivity index (χ1v) is 9.47. The van der Waals surface area contributed by atoms with Crippen LogP contribution in [0.25, 0.3) is 0 Å². The second kappa shape index (κ2) is 5.93. The molecule has 1 fully saturated rings. The number of fused-ring (bicyclic) bond motifs is 3. The normalized spacial score (nSPS) is 30.5. The zero-order chi connectivity index (χ0) is 17.7. The fraction of sp³-hybridized carbons (Fsp3) is 0.409. The second-order valence-electron chi connectivity index (χ2n) is 7.58. The van der Waals surface area contributed by atoms with Gasteiger partial charge in [-0.3, -0.25) is 4.90 Å². The molecule has 0 spiro atoms. The average molecular weight is 348 g/mol. The van der Waals surface area contributed by atoms with E-state index >= 15 is 0 Å². The van der Waals surface area contributed by atoms with Crippen molar-refractivity contribution in [2.45, 2.75) is 25.5 Å². The Morgan fingerprint density at radius 2 is 1.77 bits per heavy atom. The largest absolute Gasteiger partial charge is 0.379 e. The molecule has 4 nitrogen and oxygen atoms in total. The van der Waals surface area contributed by atoms with E-state index in [2.05, 4.69) is 72.4 Å². The van der Waals surface area contributed by atoms with Crippen LogP contribution in [0, 0.1) is 12.8 Å². The Morgan fingerprint density at radius 3 is 2.54 bits per heavy atom. The van der Waals surface area contributed by atoms with Gasteiger partial charge >= 0.3 is 0 Å². The highest BCUT2D eigenvalue weighted by molar-refractivity contribution is 6.04. The van der Waals surface area contributed by atoms with E-state index in [1.165, 1.54) is 16.7 Å². The van der Waals surface area contributed by atoms with Crippen LogP contribution in [-0.4, -0.2) is 36.9 Å². The predicted octanol–water partition coefficient (Wildman–Crippen LogP) is 3.65. The summed E-state index contributed by atoms with van der Waals surface area (Å²) in [5, 5.41) is 4.65. The Morgan fingerprint density at radius 1 is 1.04 bits per heavy atom. The number of ether oxygens (including phenoxy) is 1. The summed E-state index contributed by atoms with van der Waals surface area (Å²) in [6.07, 6.45) is 0. The average Bonchev–Trinajstić information content (AvgIpc) is 3.20. The van der Waals surface area contributed by atoms with Crippen LogP contribution in [0.2, 0.25) is 0 Å². The van der Waals surface area contributed by atoms with Crippen molar-refractivity contribution in [3.8, 4) is 0 Å². The number of hydrogen-bond donors (Lipinski definition) is 0. The van der Waals surface area contributed by atoms with Gasteiger partial charge in [0.1, 0.15) is 0 Å². The Balaban J connectivity index is 1.64. The molecule has 0 saturated carbocycles. The number of benzene rings is 2. The van der Waals surface area contributed by atoms with Crippen LogP contribution in [0.5, 0.6) is 0 Å². The molecule has 0 N–H and O–H groups in total. The van der Waals surface area contributed by atoms with Crippen molar-refractivity contribution in [2.24, 2.45) is 11.1 Å². The molecule has 2 aliphatic heterocycles. The fourth-order valence-electron chi connectivity index (χ4n) is 4.89. The molecule has 0 unspecified atom stereocenters. The van der Waals surface area contributed by atoms with Crippen molar-refractivity contribution in [3.05, 3.63) is 70.8 Å². The molecule has 0 bridgehead atoms. The highest BCUT2D eigenvalue weighted by Crippen LogP contribution is 2.57. The molecule has 134 valence electrons. The van der Waals surface area contributed by atoms with Crippen LogP contribution in [-0.2, 0) is 15.3 Å². The molecule has 4 heteroatoms. The van der Waals surface area contributed by atoms with Crippen molar-refractivity contribution in [1.82, 2.24) is 4.90 Å². The van der Waals surface area contributed by atoms with Crippen LogP contribution in [0.3, 0.4) is 0 Å². The molecule has 1 aliphatic carbocycles. The van der Waals surface area contributed by atoms with Crippen LogP contribution in [0.15, 0.2) is 53.7 Å². The third kappa shape index (κ3) is 2.12. The molecular weight excluding hydrogens is 324 g/mol. The number of morpholine rings is 1. The van der Waals surface area contributed by atoms with Gasteiger partial charge in [-0.1, -0.05) is 66.2 Å². The first kappa shape index (κ1) is 16.0. The lowest BCUT2D eigenvalue weighted by molar-refractivity contribution is -0.186. The maximum Gasteiger partial charge on any atom is 0.226 e. The van der Waals surface area contributed by atoms with Crippen molar-refractivity contribution < 1.29 is 9.57 Å². The van der Waals surface area contributed by atoms with Crippen LogP contribution < -0.4 is 0 Å². The van der Waals surface area contributed by atoms with Crippen molar-refractivity contribution in [2.75, 3.05) is 26.3 Å². The molecule has 2 aromatic rings. The molecule has 0 aromatic heterocycles. The summed E-state index contributed by atoms with van der Waals surface area (Å²) < 4.78 is 5.61. The lowest BCUT2D eigenvalue weighted by Gasteiger charge is -2.42. The molecule has 0 radical (unpaired) electrons. The summed E-state index contributed by atoms with van der Waals surface area (Å²) in [5.41, 5.74) is 5.64. The van der Waals surface area contributed by atoms with Crippen molar-refractivity contribution >= 4 is 5.71 Å². The van der Waals surface area contributed by atoms with Crippen LogP contribution in [0.4, 0.5) is 0 Å². The number of rotatable bonds is 2. The van der Waals surface area contributed by atoms with E-state index in [4.69, 9.17) is 9.57 Å². The molecule has 2 heterocycles. The summed E-state index contributed by atoms with van der Waals surface area (Å²) >= 11 is 0. The van der Waals surface area contributed by atoms with E-state index in [1.807, 2.05) is 0 Å². The van der Waals surface area contributed by atoms with Gasteiger partial charge in [-0.05, 0) is 24.0 Å². The van der Waals surface area contributed by atoms with E-state index in [-0.39, 0.29) is 5.92 Å². The summed E-state index contributed by atoms with van der Waals surface area (Å²) in [5.74, 6) is 0.553. The molecule has 26 heavy (non-hydrogen) atoms. The van der Waals surface area contributed by atoms with Gasteiger partial charge in [-0.25, -0.2) is 0 Å². The molecule has 5 rings (SSSR count). The van der Waals surface area contributed by atoms with E-state index in [0.29, 0.717) is 5.92 Å². The number of hydrogen-bond acceptors (Lipinski definition) is 4. The minimum Gasteiger partial charge on any atom is -0.379 e. The molecule has 1 saturated heterocycles. The Bertz CT molecular complexity index is 855. The quantitative estimate of drug-likeness (QED) is 0.831. The van der Waals surface area contributed by atoms with Gasteiger partial charge in [0, 0.05) is 18.7 Å². The lowest BCUT2D eigenvalue weighted by Crippen LogP contribution is -2.54. The zero-order valence-electron chi connectivity index (χ0n) is 15.3. The van der Waals surface area contributed by atoms with Crippen LogP contribution in [0.1, 0.15) is 35.1 Å². The molecular formula is C22H24N2O2. The SMILES string of the molecule is Cc1ccc(C2=NO[C@@]3(N4CCOCC4)c4ccccc4[C@H](C)[C@@H]23)cc1. The Labute approximate surface area is 154 Å². The van der Waals surface area contributed by atoms with E-state index in [1.54, 1.807) is 0 Å². The third-order valence-electron chi connectivity index (χ3n) is 6.16. The van der Waals surface area contributed by atoms with Gasteiger partial charge in [0.05, 0.1) is 24.8 Å². The van der Waals surface area contributed by atoms with Crippen LogP contribution >= 0.6 is 0 Å². The minimum atomic E-state index is -0.500. The Kier molecular flexibility index (Phi) is 3.66. The number of nitrogens with zero attached hydrogens (tertiary/aromatic N) is 2. The number of aryl methyl sites for hydroxylation is 1. The summed E-state index contributed by atoms with van der Waals surface area (Å²) in [7, 11) is 0. The lowest BCUT2D eigenvalue weighted by atomic mass is 9.82. The molecule has 3 atom stereocenters. The van der Waals surface area contributed by atoms with Gasteiger partial charge < -0.3 is 9.57 Å². The third-order valence-corrected chi connectivity index (χ3v) is 6.16.